The number of β-lactam (4-membered cyclic amide) rings is 1. The smallest absolute Gasteiger partial charge is 0.331 e. The maximum Gasteiger partial charge on any atom is 0.331 e. The van der Waals surface area contributed by atoms with Gasteiger partial charge in [-0.2, -0.15) is 0 Å². The topological polar surface area (TPSA) is 46.6 Å². The molecular weight excluding hydrogens is 426 g/mol. The van der Waals surface area contributed by atoms with Crippen LogP contribution < -0.4 is 0 Å². The van der Waals surface area contributed by atoms with Gasteiger partial charge in [-0.05, 0) is 25.0 Å². The normalized spacial score (nSPS) is 25.9. The van der Waals surface area contributed by atoms with Gasteiger partial charge in [0, 0.05) is 4.75 Å². The molecule has 4 rings (SSSR count). The van der Waals surface area contributed by atoms with Crippen molar-refractivity contribution in [2.75, 3.05) is 0 Å². The van der Waals surface area contributed by atoms with Crippen LogP contribution in [0.3, 0.4) is 0 Å². The molecule has 0 aliphatic carbocycles. The number of carbonyl (C=O) groups excluding carboxylic acids is 2. The number of esters is 1. The maximum atomic E-state index is 13.2. The number of carbonyl (C=O) groups is 2. The first-order valence-electron chi connectivity index (χ1n) is 8.84. The van der Waals surface area contributed by atoms with Crippen LogP contribution in [-0.4, -0.2) is 37.8 Å². The zero-order valence-corrected chi connectivity index (χ0v) is 17.4. The number of rotatable bonds is 4. The molecule has 6 heteroatoms. The molecule has 0 spiro atoms. The lowest BCUT2D eigenvalue weighted by Crippen LogP contribution is -2.63. The van der Waals surface area contributed by atoms with Gasteiger partial charge >= 0.3 is 5.97 Å². The Hall–Kier alpha value is -1.79. The second-order valence-electron chi connectivity index (χ2n) is 7.30. The Balaban J connectivity index is 1.64. The number of benzene rings is 2. The first-order chi connectivity index (χ1) is 12.9. The minimum Gasteiger partial charge on any atom is -0.451 e. The molecule has 0 unspecified atom stereocenters. The summed E-state index contributed by atoms with van der Waals surface area (Å²) < 4.78 is 5.61. The van der Waals surface area contributed by atoms with E-state index in [0.717, 1.165) is 11.1 Å². The van der Waals surface area contributed by atoms with Gasteiger partial charge < -0.3 is 9.64 Å². The monoisotopic (exact) mass is 445 g/mol. The number of ether oxygens (including phenoxy) is 1. The predicted octanol–water partition coefficient (Wildman–Crippen LogP) is 4.15. The van der Waals surface area contributed by atoms with Crippen molar-refractivity contribution in [1.29, 1.82) is 0 Å². The highest BCUT2D eigenvalue weighted by atomic mass is 79.9. The van der Waals surface area contributed by atoms with Crippen molar-refractivity contribution in [3.05, 3.63) is 71.8 Å². The molecule has 140 valence electrons. The van der Waals surface area contributed by atoms with Crippen LogP contribution in [0.2, 0.25) is 0 Å². The molecule has 2 aliphatic rings. The van der Waals surface area contributed by atoms with Crippen molar-refractivity contribution in [2.45, 2.75) is 40.9 Å². The van der Waals surface area contributed by atoms with Gasteiger partial charge in [-0.15, -0.1) is 11.8 Å². The molecule has 0 saturated carbocycles. The van der Waals surface area contributed by atoms with Crippen LogP contribution >= 0.6 is 27.7 Å². The molecule has 0 radical (unpaired) electrons. The van der Waals surface area contributed by atoms with E-state index in [1.807, 2.05) is 74.5 Å². The summed E-state index contributed by atoms with van der Waals surface area (Å²) in [7, 11) is 0. The number of thioether (sulfide) groups is 1. The molecule has 0 aromatic heterocycles. The lowest BCUT2D eigenvalue weighted by molar-refractivity contribution is -0.163. The van der Waals surface area contributed by atoms with Crippen LogP contribution in [0, 0.1) is 0 Å². The fraction of sp³-hybridized carbons (Fsp3) is 0.333. The Labute approximate surface area is 171 Å². The van der Waals surface area contributed by atoms with Gasteiger partial charge in [-0.3, -0.25) is 4.79 Å². The summed E-state index contributed by atoms with van der Waals surface area (Å²) in [5.74, 6) is -0.406. The van der Waals surface area contributed by atoms with Gasteiger partial charge in [-0.1, -0.05) is 76.6 Å². The van der Waals surface area contributed by atoms with Crippen molar-refractivity contribution in [3.63, 3.8) is 0 Å². The fourth-order valence-corrected chi connectivity index (χ4v) is 6.06. The lowest BCUT2D eigenvalue weighted by Gasteiger charge is -2.41. The standard InChI is InChI=1S/C21H20BrNO3S/c1-21(2)17(23-18(24)15(22)19(23)27-21)20(25)26-16(13-9-5-3-6-10-13)14-11-7-4-8-12-14/h3-12,15-17,19H,1-2H3/t15-,17+,19-/m1/s1. The van der Waals surface area contributed by atoms with E-state index in [1.54, 1.807) is 16.7 Å². The van der Waals surface area contributed by atoms with Crippen molar-refractivity contribution in [1.82, 2.24) is 4.90 Å². The third-order valence-electron chi connectivity index (χ3n) is 5.04. The van der Waals surface area contributed by atoms with E-state index >= 15 is 0 Å². The number of alkyl halides is 1. The van der Waals surface area contributed by atoms with Crippen LogP contribution in [0.1, 0.15) is 31.1 Å². The highest BCUT2D eigenvalue weighted by Crippen LogP contribution is 2.53. The van der Waals surface area contributed by atoms with Crippen LogP contribution in [0.5, 0.6) is 0 Å². The third kappa shape index (κ3) is 3.19. The first kappa shape index (κ1) is 18.6. The summed E-state index contributed by atoms with van der Waals surface area (Å²) in [6.45, 7) is 3.99. The Bertz CT molecular complexity index is 819. The van der Waals surface area contributed by atoms with Gasteiger partial charge in [0.1, 0.15) is 16.2 Å². The fourth-order valence-electron chi connectivity index (χ4n) is 3.71. The molecule has 2 aromatic carbocycles. The highest BCUT2D eigenvalue weighted by Gasteiger charge is 2.63. The summed E-state index contributed by atoms with van der Waals surface area (Å²) in [5, 5.41) is -0.0167. The second kappa shape index (κ2) is 6.99. The zero-order chi connectivity index (χ0) is 19.2. The molecule has 2 heterocycles. The Morgan fingerprint density at radius 3 is 2.11 bits per heavy atom. The van der Waals surface area contributed by atoms with E-state index in [4.69, 9.17) is 4.74 Å². The minimum atomic E-state index is -0.594. The molecule has 2 aliphatic heterocycles. The second-order valence-corrected chi connectivity index (χ2v) is 10.1. The maximum absolute atomic E-state index is 13.2. The van der Waals surface area contributed by atoms with Crippen LogP contribution in [0.15, 0.2) is 60.7 Å². The number of fused-ring (bicyclic) bond motifs is 1. The summed E-state index contributed by atoms with van der Waals surface area (Å²) in [6.07, 6.45) is -0.504. The molecule has 4 nitrogen and oxygen atoms in total. The van der Waals surface area contributed by atoms with Crippen LogP contribution in [0.25, 0.3) is 0 Å². The van der Waals surface area contributed by atoms with Gasteiger partial charge in [0.15, 0.2) is 6.10 Å². The number of hydrogen-bond acceptors (Lipinski definition) is 4. The molecule has 2 aromatic rings. The number of hydrogen-bond donors (Lipinski definition) is 0. The van der Waals surface area contributed by atoms with E-state index in [-0.39, 0.29) is 22.1 Å². The number of amides is 1. The average molecular weight is 446 g/mol. The molecule has 0 bridgehead atoms. The quantitative estimate of drug-likeness (QED) is 0.402. The van der Waals surface area contributed by atoms with Crippen molar-refractivity contribution in [2.24, 2.45) is 0 Å². The van der Waals surface area contributed by atoms with Crippen molar-refractivity contribution >= 4 is 39.6 Å². The molecule has 0 N–H and O–H groups in total. The number of halogens is 1. The van der Waals surface area contributed by atoms with Gasteiger partial charge in [0.05, 0.1) is 0 Å². The van der Waals surface area contributed by atoms with Gasteiger partial charge in [0.2, 0.25) is 5.91 Å². The van der Waals surface area contributed by atoms with Gasteiger partial charge in [0.25, 0.3) is 0 Å². The minimum absolute atomic E-state index is 0.0167. The average Bonchev–Trinajstić information content (AvgIpc) is 2.95. The van der Waals surface area contributed by atoms with Crippen molar-refractivity contribution in [3.8, 4) is 0 Å². The lowest BCUT2D eigenvalue weighted by atomic mass is 9.97. The molecule has 2 fully saturated rings. The third-order valence-corrected chi connectivity index (χ3v) is 7.85. The van der Waals surface area contributed by atoms with E-state index in [2.05, 4.69) is 15.9 Å². The van der Waals surface area contributed by atoms with Gasteiger partial charge in [-0.25, -0.2) is 4.79 Å². The summed E-state index contributed by atoms with van der Waals surface area (Å²) in [5.41, 5.74) is 1.82. The molecule has 3 atom stereocenters. The summed E-state index contributed by atoms with van der Waals surface area (Å²) in [4.78, 5) is 27.0. The molecular formula is C21H20BrNO3S. The van der Waals surface area contributed by atoms with E-state index in [1.165, 1.54) is 0 Å². The summed E-state index contributed by atoms with van der Waals surface area (Å²) >= 11 is 5.06. The van der Waals surface area contributed by atoms with Crippen LogP contribution in [0.4, 0.5) is 0 Å². The number of nitrogens with zero attached hydrogens (tertiary/aromatic N) is 1. The summed E-state index contributed by atoms with van der Waals surface area (Å²) in [6, 6.07) is 18.8. The Morgan fingerprint density at radius 2 is 1.59 bits per heavy atom. The molecule has 1 amide bonds. The first-order valence-corrected chi connectivity index (χ1v) is 10.6. The van der Waals surface area contributed by atoms with E-state index in [0.29, 0.717) is 0 Å². The van der Waals surface area contributed by atoms with E-state index in [9.17, 15) is 9.59 Å². The van der Waals surface area contributed by atoms with Crippen LogP contribution in [-0.2, 0) is 14.3 Å². The Morgan fingerprint density at radius 1 is 1.07 bits per heavy atom. The highest BCUT2D eigenvalue weighted by molar-refractivity contribution is 9.10. The molecule has 27 heavy (non-hydrogen) atoms. The zero-order valence-electron chi connectivity index (χ0n) is 15.0. The Kier molecular flexibility index (Phi) is 4.80. The SMILES string of the molecule is CC1(C)S[C@@H]2[C@H](Br)C(=O)N2[C@H]1C(=O)OC(c1ccccc1)c1ccccc1. The molecule has 2 saturated heterocycles. The largest absolute Gasteiger partial charge is 0.451 e. The van der Waals surface area contributed by atoms with E-state index < -0.39 is 16.9 Å². The predicted molar refractivity (Wildman–Crippen MR) is 110 cm³/mol. The van der Waals surface area contributed by atoms with Crippen molar-refractivity contribution < 1.29 is 14.3 Å².